The smallest absolute Gasteiger partial charge is 0.317 e. The molecule has 0 aliphatic carbocycles. The summed E-state index contributed by atoms with van der Waals surface area (Å²) in [6, 6.07) is 5.21. The minimum Gasteiger partial charge on any atom is -0.480 e. The van der Waals surface area contributed by atoms with E-state index >= 15 is 0 Å². The molecule has 1 N–H and O–H groups in total. The Morgan fingerprint density at radius 2 is 1.95 bits per heavy atom. The van der Waals surface area contributed by atoms with E-state index in [1.54, 1.807) is 12.1 Å². The Bertz CT molecular complexity index is 466. The Balaban J connectivity index is 2.90. The zero-order valence-electron chi connectivity index (χ0n) is 11.9. The largest absolute Gasteiger partial charge is 0.480 e. The zero-order valence-corrected chi connectivity index (χ0v) is 13.4. The van der Waals surface area contributed by atoms with Gasteiger partial charge in [0, 0.05) is 29.2 Å². The monoisotopic (exact) mass is 318 g/mol. The van der Waals surface area contributed by atoms with Crippen molar-refractivity contribution in [2.45, 2.75) is 13.0 Å². The fourth-order valence-electron chi connectivity index (χ4n) is 1.95. The van der Waals surface area contributed by atoms with E-state index in [2.05, 4.69) is 0 Å². The molecule has 0 spiro atoms. The maximum absolute atomic E-state index is 11.0. The van der Waals surface area contributed by atoms with E-state index in [1.165, 1.54) is 0 Å². The van der Waals surface area contributed by atoms with Gasteiger partial charge in [-0.2, -0.15) is 0 Å². The van der Waals surface area contributed by atoms with Crippen LogP contribution in [0.5, 0.6) is 0 Å². The van der Waals surface area contributed by atoms with Gasteiger partial charge in [-0.15, -0.1) is 0 Å². The maximum atomic E-state index is 11.0. The van der Waals surface area contributed by atoms with E-state index in [0.29, 0.717) is 16.6 Å². The number of carboxylic acid groups (broad SMARTS) is 1. The molecule has 0 amide bonds. The number of benzene rings is 1. The van der Waals surface area contributed by atoms with E-state index in [9.17, 15) is 4.79 Å². The molecule has 0 aliphatic heterocycles. The van der Waals surface area contributed by atoms with Gasteiger partial charge < -0.3 is 10.0 Å². The first-order chi connectivity index (χ1) is 9.31. The highest BCUT2D eigenvalue weighted by Gasteiger charge is 2.20. The third-order valence-electron chi connectivity index (χ3n) is 3.13. The van der Waals surface area contributed by atoms with Crippen LogP contribution >= 0.6 is 23.2 Å². The standard InChI is InChI=1S/C14H20Cl2N2O2/c1-10(12-5-4-11(15)8-13(12)16)18(9-14(19)20)7-6-17(2)3/h4-5,8,10H,6-7,9H2,1-3H3,(H,19,20). The normalized spacial score (nSPS) is 12.9. The summed E-state index contributed by atoms with van der Waals surface area (Å²) in [5.41, 5.74) is 0.885. The zero-order chi connectivity index (χ0) is 15.3. The summed E-state index contributed by atoms with van der Waals surface area (Å²) < 4.78 is 0. The summed E-state index contributed by atoms with van der Waals surface area (Å²) in [7, 11) is 3.91. The fraction of sp³-hybridized carbons (Fsp3) is 0.500. The SMILES string of the molecule is CC(c1ccc(Cl)cc1Cl)N(CCN(C)C)CC(=O)O. The number of halogens is 2. The minimum atomic E-state index is -0.847. The Hall–Kier alpha value is -0.810. The highest BCUT2D eigenvalue weighted by atomic mass is 35.5. The van der Waals surface area contributed by atoms with E-state index in [0.717, 1.165) is 12.1 Å². The molecule has 0 heterocycles. The number of carboxylic acids is 1. The molecule has 0 saturated carbocycles. The Labute approximate surface area is 129 Å². The third kappa shape index (κ3) is 5.29. The Morgan fingerprint density at radius 3 is 2.45 bits per heavy atom. The minimum absolute atomic E-state index is 0.0199. The van der Waals surface area contributed by atoms with Crippen LogP contribution in [0.2, 0.25) is 10.0 Å². The summed E-state index contributed by atoms with van der Waals surface area (Å²) in [5, 5.41) is 10.2. The van der Waals surface area contributed by atoms with Gasteiger partial charge in [0.15, 0.2) is 0 Å². The Morgan fingerprint density at radius 1 is 1.30 bits per heavy atom. The number of carbonyl (C=O) groups is 1. The van der Waals surface area contributed by atoms with Gasteiger partial charge in [0.05, 0.1) is 6.54 Å². The average molecular weight is 319 g/mol. The molecule has 0 fully saturated rings. The molecule has 1 aromatic rings. The van der Waals surface area contributed by atoms with Crippen molar-refractivity contribution in [3.8, 4) is 0 Å². The molecule has 1 rings (SSSR count). The summed E-state index contributed by atoms with van der Waals surface area (Å²) >= 11 is 12.1. The summed E-state index contributed by atoms with van der Waals surface area (Å²) in [4.78, 5) is 14.9. The molecule has 6 heteroatoms. The average Bonchev–Trinajstić information content (AvgIpc) is 2.33. The van der Waals surface area contributed by atoms with Gasteiger partial charge >= 0.3 is 5.97 Å². The van der Waals surface area contributed by atoms with Crippen LogP contribution in [0.1, 0.15) is 18.5 Å². The number of hydrogen-bond donors (Lipinski definition) is 1. The van der Waals surface area contributed by atoms with Crippen LogP contribution < -0.4 is 0 Å². The molecular formula is C14H20Cl2N2O2. The topological polar surface area (TPSA) is 43.8 Å². The predicted molar refractivity (Wildman–Crippen MR) is 82.6 cm³/mol. The number of hydrogen-bond acceptors (Lipinski definition) is 3. The lowest BCUT2D eigenvalue weighted by Crippen LogP contribution is -2.37. The number of nitrogens with zero attached hydrogens (tertiary/aromatic N) is 2. The van der Waals surface area contributed by atoms with Crippen LogP contribution in [0.4, 0.5) is 0 Å². The van der Waals surface area contributed by atoms with Crippen LogP contribution in [-0.4, -0.2) is 54.6 Å². The molecule has 0 aliphatic rings. The van der Waals surface area contributed by atoms with Gasteiger partial charge in [0.1, 0.15) is 0 Å². The summed E-state index contributed by atoms with van der Waals surface area (Å²) in [5.74, 6) is -0.847. The van der Waals surface area contributed by atoms with Crippen LogP contribution in [-0.2, 0) is 4.79 Å². The molecular weight excluding hydrogens is 299 g/mol. The third-order valence-corrected chi connectivity index (χ3v) is 3.70. The van der Waals surface area contributed by atoms with Crippen molar-refractivity contribution in [2.24, 2.45) is 0 Å². The molecule has 0 radical (unpaired) electrons. The number of rotatable bonds is 7. The first kappa shape index (κ1) is 17.2. The lowest BCUT2D eigenvalue weighted by atomic mass is 10.1. The van der Waals surface area contributed by atoms with Crippen LogP contribution in [0, 0.1) is 0 Å². The summed E-state index contributed by atoms with van der Waals surface area (Å²) in [6.07, 6.45) is 0. The van der Waals surface area contributed by atoms with Crippen molar-refractivity contribution < 1.29 is 9.90 Å². The highest BCUT2D eigenvalue weighted by molar-refractivity contribution is 6.35. The number of aliphatic carboxylic acids is 1. The lowest BCUT2D eigenvalue weighted by molar-refractivity contribution is -0.138. The van der Waals surface area contributed by atoms with Crippen molar-refractivity contribution in [1.82, 2.24) is 9.80 Å². The van der Waals surface area contributed by atoms with Gasteiger partial charge in [-0.3, -0.25) is 9.69 Å². The Kier molecular flexibility index (Phi) is 6.76. The summed E-state index contributed by atoms with van der Waals surface area (Å²) in [6.45, 7) is 3.37. The van der Waals surface area contributed by atoms with Crippen molar-refractivity contribution in [1.29, 1.82) is 0 Å². The van der Waals surface area contributed by atoms with Crippen molar-refractivity contribution in [3.05, 3.63) is 33.8 Å². The van der Waals surface area contributed by atoms with Gasteiger partial charge in [-0.1, -0.05) is 29.3 Å². The van der Waals surface area contributed by atoms with Crippen molar-refractivity contribution >= 4 is 29.2 Å². The van der Waals surface area contributed by atoms with Gasteiger partial charge in [-0.05, 0) is 38.7 Å². The molecule has 0 aromatic heterocycles. The molecule has 0 saturated heterocycles. The second kappa shape index (κ2) is 7.84. The van der Waals surface area contributed by atoms with Crippen molar-refractivity contribution in [3.63, 3.8) is 0 Å². The van der Waals surface area contributed by atoms with Gasteiger partial charge in [-0.25, -0.2) is 0 Å². The number of likely N-dealkylation sites (N-methyl/N-ethyl adjacent to an activating group) is 1. The second-order valence-corrected chi connectivity index (χ2v) is 5.85. The molecule has 1 atom stereocenters. The lowest BCUT2D eigenvalue weighted by Gasteiger charge is -2.29. The molecule has 20 heavy (non-hydrogen) atoms. The first-order valence-corrected chi connectivity index (χ1v) is 7.12. The van der Waals surface area contributed by atoms with E-state index in [1.807, 2.05) is 36.9 Å². The van der Waals surface area contributed by atoms with Crippen molar-refractivity contribution in [2.75, 3.05) is 33.7 Å². The van der Waals surface area contributed by atoms with Crippen LogP contribution in [0.15, 0.2) is 18.2 Å². The van der Waals surface area contributed by atoms with E-state index < -0.39 is 5.97 Å². The van der Waals surface area contributed by atoms with E-state index in [4.69, 9.17) is 28.3 Å². The highest BCUT2D eigenvalue weighted by Crippen LogP contribution is 2.29. The van der Waals surface area contributed by atoms with Crippen LogP contribution in [0.25, 0.3) is 0 Å². The molecule has 1 unspecified atom stereocenters. The molecule has 4 nitrogen and oxygen atoms in total. The molecule has 0 bridgehead atoms. The molecule has 112 valence electrons. The van der Waals surface area contributed by atoms with Gasteiger partial charge in [0.25, 0.3) is 0 Å². The van der Waals surface area contributed by atoms with Gasteiger partial charge in [0.2, 0.25) is 0 Å². The quantitative estimate of drug-likeness (QED) is 0.839. The van der Waals surface area contributed by atoms with E-state index in [-0.39, 0.29) is 12.6 Å². The first-order valence-electron chi connectivity index (χ1n) is 6.36. The predicted octanol–water partition coefficient (Wildman–Crippen LogP) is 3.00. The molecule has 1 aromatic carbocycles. The fourth-order valence-corrected chi connectivity index (χ4v) is 2.52. The van der Waals surface area contributed by atoms with Crippen LogP contribution in [0.3, 0.4) is 0 Å². The maximum Gasteiger partial charge on any atom is 0.317 e. The second-order valence-electron chi connectivity index (χ2n) is 5.01.